The molecule has 5 nitrogen and oxygen atoms in total. The molecule has 2 aliphatic rings. The van der Waals surface area contributed by atoms with Gasteiger partial charge in [-0.25, -0.2) is 15.0 Å². The minimum atomic E-state index is -0.0392. The van der Waals surface area contributed by atoms with Gasteiger partial charge in [-0.3, -0.25) is 0 Å². The fourth-order valence-electron chi connectivity index (χ4n) is 9.26. The second-order valence-corrected chi connectivity index (χ2v) is 15.9. The Hall–Kier alpha value is -8.15. The lowest BCUT2D eigenvalue weighted by Gasteiger charge is -2.20. The van der Waals surface area contributed by atoms with E-state index < -0.39 is 0 Å². The van der Waals surface area contributed by atoms with E-state index in [9.17, 15) is 0 Å². The van der Waals surface area contributed by atoms with Crippen molar-refractivity contribution in [3.63, 3.8) is 0 Å². The fourth-order valence-corrected chi connectivity index (χ4v) is 9.26. The van der Waals surface area contributed by atoms with Gasteiger partial charge in [-0.1, -0.05) is 170 Å². The Morgan fingerprint density at radius 1 is 0.419 bits per heavy atom. The highest BCUT2D eigenvalue weighted by atomic mass is 16.5. The van der Waals surface area contributed by atoms with Crippen LogP contribution in [0.5, 0.6) is 5.75 Å². The predicted octanol–water partition coefficient (Wildman–Crippen LogP) is 14.3. The Labute approximate surface area is 359 Å². The number of aromatic nitrogens is 4. The van der Waals surface area contributed by atoms with E-state index in [0.29, 0.717) is 17.5 Å². The minimum Gasteiger partial charge on any atom is -0.459 e. The second-order valence-electron chi connectivity index (χ2n) is 15.9. The van der Waals surface area contributed by atoms with Crippen LogP contribution in [0.1, 0.15) is 17.9 Å². The SMILES string of the molecule is C1=CC(n2c3ccc(-c4ccccc4)cc3c3cc(-c4ccccc4)ccc32)=C2Oc3cccc(-c4nc(-c5ccccc5)nc(-c5cccc(-c6ccccc6)c5)n4)c3C2C1. The van der Waals surface area contributed by atoms with Crippen molar-refractivity contribution < 1.29 is 4.74 Å². The van der Waals surface area contributed by atoms with E-state index >= 15 is 0 Å². The maximum atomic E-state index is 7.02. The molecular weight excluding hydrogens is 757 g/mol. The number of allylic oxidation sites excluding steroid dienone is 4. The second kappa shape index (κ2) is 14.8. The van der Waals surface area contributed by atoms with Gasteiger partial charge in [0.25, 0.3) is 0 Å². The van der Waals surface area contributed by atoms with Crippen molar-refractivity contribution in [2.24, 2.45) is 0 Å². The molecule has 0 spiro atoms. The number of rotatable bonds is 7. The van der Waals surface area contributed by atoms with Gasteiger partial charge in [-0.2, -0.15) is 0 Å². The lowest BCUT2D eigenvalue weighted by atomic mass is 9.87. The van der Waals surface area contributed by atoms with Gasteiger partial charge in [0.1, 0.15) is 11.5 Å². The molecule has 1 unspecified atom stereocenters. The molecule has 1 atom stereocenters. The van der Waals surface area contributed by atoms with Gasteiger partial charge in [0.15, 0.2) is 17.5 Å². The summed E-state index contributed by atoms with van der Waals surface area (Å²) in [6.45, 7) is 0. The third-order valence-electron chi connectivity index (χ3n) is 12.2. The summed E-state index contributed by atoms with van der Waals surface area (Å²) in [7, 11) is 0. The largest absolute Gasteiger partial charge is 0.459 e. The van der Waals surface area contributed by atoms with Crippen LogP contribution in [-0.2, 0) is 0 Å². The Morgan fingerprint density at radius 3 is 1.50 bits per heavy atom. The molecule has 0 bridgehead atoms. The van der Waals surface area contributed by atoms with Crippen molar-refractivity contribution in [3.8, 4) is 73.3 Å². The summed E-state index contributed by atoms with van der Waals surface area (Å²) in [6, 6.07) is 70.2. The molecule has 5 heteroatoms. The zero-order valence-electron chi connectivity index (χ0n) is 33.7. The van der Waals surface area contributed by atoms with E-state index in [4.69, 9.17) is 19.7 Å². The van der Waals surface area contributed by atoms with Crippen molar-refractivity contribution >= 4 is 27.5 Å². The van der Waals surface area contributed by atoms with Crippen LogP contribution in [0.25, 0.3) is 95.0 Å². The van der Waals surface area contributed by atoms with Gasteiger partial charge in [-0.05, 0) is 82.3 Å². The zero-order valence-corrected chi connectivity index (χ0v) is 33.7. The quantitative estimate of drug-likeness (QED) is 0.161. The number of benzene rings is 8. The summed E-state index contributed by atoms with van der Waals surface area (Å²) >= 11 is 0. The van der Waals surface area contributed by atoms with E-state index in [1.807, 2.05) is 24.3 Å². The highest BCUT2D eigenvalue weighted by molar-refractivity contribution is 6.13. The minimum absolute atomic E-state index is 0.0392. The molecule has 0 saturated heterocycles. The van der Waals surface area contributed by atoms with Crippen LogP contribution in [0, 0.1) is 0 Å². The van der Waals surface area contributed by atoms with Crippen LogP contribution >= 0.6 is 0 Å². The van der Waals surface area contributed by atoms with Crippen molar-refractivity contribution in [2.45, 2.75) is 12.3 Å². The molecule has 292 valence electrons. The van der Waals surface area contributed by atoms with Gasteiger partial charge >= 0.3 is 0 Å². The summed E-state index contributed by atoms with van der Waals surface area (Å²) in [4.78, 5) is 15.5. The number of nitrogens with zero attached hydrogens (tertiary/aromatic N) is 4. The molecule has 3 heterocycles. The van der Waals surface area contributed by atoms with Crippen LogP contribution in [-0.4, -0.2) is 19.5 Å². The topological polar surface area (TPSA) is 52.8 Å². The van der Waals surface area contributed by atoms with Crippen molar-refractivity contribution in [2.75, 3.05) is 0 Å². The molecule has 12 rings (SSSR count). The number of hydrogen-bond donors (Lipinski definition) is 0. The molecular formula is C57H38N4O. The average molecular weight is 795 g/mol. The third-order valence-corrected chi connectivity index (χ3v) is 12.2. The summed E-state index contributed by atoms with van der Waals surface area (Å²) in [5.74, 6) is 3.59. The summed E-state index contributed by atoms with van der Waals surface area (Å²) in [5, 5.41) is 2.39. The van der Waals surface area contributed by atoms with Gasteiger partial charge in [0.05, 0.1) is 22.6 Å². The Balaban J connectivity index is 1.02. The molecule has 1 aliphatic carbocycles. The maximum absolute atomic E-state index is 7.02. The Bertz CT molecular complexity index is 3290. The first-order valence-corrected chi connectivity index (χ1v) is 21.1. The number of fused-ring (bicyclic) bond motifs is 6. The van der Waals surface area contributed by atoms with Crippen LogP contribution in [0.4, 0.5) is 0 Å². The number of ether oxygens (including phenoxy) is 1. The fraction of sp³-hybridized carbons (Fsp3) is 0.0351. The molecule has 0 saturated carbocycles. The van der Waals surface area contributed by atoms with Crippen LogP contribution in [0.15, 0.2) is 218 Å². The first-order chi connectivity index (χ1) is 30.7. The van der Waals surface area contributed by atoms with Crippen LogP contribution < -0.4 is 4.74 Å². The third kappa shape index (κ3) is 6.13. The van der Waals surface area contributed by atoms with Gasteiger partial charge in [0, 0.05) is 33.0 Å². The number of hydrogen-bond acceptors (Lipinski definition) is 4. The summed E-state index contributed by atoms with van der Waals surface area (Å²) in [5.41, 5.74) is 14.2. The van der Waals surface area contributed by atoms with E-state index in [1.54, 1.807) is 0 Å². The van der Waals surface area contributed by atoms with E-state index in [-0.39, 0.29) is 5.92 Å². The van der Waals surface area contributed by atoms with E-state index in [1.165, 1.54) is 33.0 Å². The lowest BCUT2D eigenvalue weighted by molar-refractivity contribution is 0.426. The lowest BCUT2D eigenvalue weighted by Crippen LogP contribution is -2.10. The normalized spacial score (nSPS) is 14.2. The van der Waals surface area contributed by atoms with Crippen molar-refractivity contribution in [1.82, 2.24) is 19.5 Å². The van der Waals surface area contributed by atoms with Crippen LogP contribution in [0.2, 0.25) is 0 Å². The van der Waals surface area contributed by atoms with E-state index in [0.717, 1.165) is 68.0 Å². The first-order valence-electron chi connectivity index (χ1n) is 21.1. The monoisotopic (exact) mass is 794 g/mol. The predicted molar refractivity (Wildman–Crippen MR) is 252 cm³/mol. The molecule has 62 heavy (non-hydrogen) atoms. The molecule has 0 radical (unpaired) electrons. The first kappa shape index (κ1) is 35.8. The molecule has 0 fully saturated rings. The smallest absolute Gasteiger partial charge is 0.164 e. The highest BCUT2D eigenvalue weighted by Gasteiger charge is 2.37. The molecule has 1 aliphatic heterocycles. The van der Waals surface area contributed by atoms with Gasteiger partial charge in [0.2, 0.25) is 0 Å². The molecule has 2 aromatic heterocycles. The Kier molecular flexibility index (Phi) is 8.56. The molecule has 0 amide bonds. The highest BCUT2D eigenvalue weighted by Crippen LogP contribution is 2.52. The van der Waals surface area contributed by atoms with E-state index in [2.05, 4.69) is 193 Å². The van der Waals surface area contributed by atoms with Gasteiger partial charge in [-0.15, -0.1) is 0 Å². The average Bonchev–Trinajstić information content (AvgIpc) is 3.90. The molecule has 8 aromatic carbocycles. The zero-order chi connectivity index (χ0) is 41.0. The van der Waals surface area contributed by atoms with Crippen molar-refractivity contribution in [1.29, 1.82) is 0 Å². The summed E-state index contributed by atoms with van der Waals surface area (Å²) < 4.78 is 9.42. The maximum Gasteiger partial charge on any atom is 0.164 e. The van der Waals surface area contributed by atoms with Crippen molar-refractivity contribution in [3.05, 3.63) is 224 Å². The summed E-state index contributed by atoms with van der Waals surface area (Å²) in [6.07, 6.45) is 5.32. The standard InChI is InChI=1S/C57H38N4O/c1-5-16-37(17-6-1)41-24-13-25-44(34-41)56-58-55(40-22-11-4-12-23-40)59-57(60-56)46-27-15-29-52-53(46)45-26-14-28-51(54(45)62-52)61-49-32-30-42(38-18-7-2-8-19-38)35-47(49)48-36-43(31-33-50(48)61)39-20-9-3-10-21-39/h1-25,27-36,45H,26H2. The molecule has 0 N–H and O–H groups in total. The molecule has 10 aromatic rings. The Morgan fingerprint density at radius 2 is 0.903 bits per heavy atom. The van der Waals surface area contributed by atoms with Gasteiger partial charge < -0.3 is 9.30 Å². The van der Waals surface area contributed by atoms with Crippen LogP contribution in [0.3, 0.4) is 0 Å².